The Labute approximate surface area is 157 Å². The van der Waals surface area contributed by atoms with E-state index in [1.807, 2.05) is 36.4 Å². The molecule has 3 aromatic heterocycles. The molecule has 0 saturated heterocycles. The van der Waals surface area contributed by atoms with Crippen LogP contribution < -0.4 is 0 Å². The maximum absolute atomic E-state index is 6.13. The van der Waals surface area contributed by atoms with Crippen LogP contribution in [0.4, 0.5) is 0 Å². The average Bonchev–Trinajstić information content (AvgIpc) is 3.26. The molecular formula is C17H12Cl2N6O. The standard InChI is InChI=1S/C17H12Cl2N6O/c18-10-3-1-9(2-4-10)13-7-26-8-14-22-24-17(25(13)14)12-6-5-11-15(20-12)16(19)23-21-11/h1-6,13H,7-8H2,(H,21,23). The molecule has 4 aromatic rings. The normalized spacial score (nSPS) is 16.8. The van der Waals surface area contributed by atoms with Crippen molar-refractivity contribution in [3.63, 3.8) is 0 Å². The van der Waals surface area contributed by atoms with Gasteiger partial charge in [0, 0.05) is 5.02 Å². The number of ether oxygens (including phenoxy) is 1. The number of hydrogen-bond acceptors (Lipinski definition) is 5. The lowest BCUT2D eigenvalue weighted by Crippen LogP contribution is -2.25. The minimum atomic E-state index is -0.0571. The fourth-order valence-corrected chi connectivity index (χ4v) is 3.49. The van der Waals surface area contributed by atoms with Crippen LogP contribution in [0.2, 0.25) is 10.2 Å². The van der Waals surface area contributed by atoms with Gasteiger partial charge in [-0.15, -0.1) is 10.2 Å². The first-order valence-corrected chi connectivity index (χ1v) is 8.74. The van der Waals surface area contributed by atoms with Crippen molar-refractivity contribution in [1.29, 1.82) is 0 Å². The lowest BCUT2D eigenvalue weighted by Gasteiger charge is -2.26. The third-order valence-corrected chi connectivity index (χ3v) is 4.94. The number of rotatable bonds is 2. The molecule has 0 radical (unpaired) electrons. The zero-order valence-corrected chi connectivity index (χ0v) is 14.9. The zero-order valence-electron chi connectivity index (χ0n) is 13.4. The van der Waals surface area contributed by atoms with Crippen LogP contribution in [0.1, 0.15) is 17.4 Å². The quantitative estimate of drug-likeness (QED) is 0.568. The van der Waals surface area contributed by atoms with Gasteiger partial charge in [0.15, 0.2) is 16.8 Å². The molecule has 9 heteroatoms. The number of nitrogens with zero attached hydrogens (tertiary/aromatic N) is 5. The van der Waals surface area contributed by atoms with Crippen LogP contribution in [-0.4, -0.2) is 36.6 Å². The van der Waals surface area contributed by atoms with E-state index in [4.69, 9.17) is 27.9 Å². The van der Waals surface area contributed by atoms with Crippen LogP contribution in [0.3, 0.4) is 0 Å². The van der Waals surface area contributed by atoms with Gasteiger partial charge in [0.05, 0.1) is 12.6 Å². The van der Waals surface area contributed by atoms with Crippen molar-refractivity contribution in [3.8, 4) is 11.5 Å². The van der Waals surface area contributed by atoms with Crippen LogP contribution in [0.25, 0.3) is 22.6 Å². The molecular weight excluding hydrogens is 375 g/mol. The third-order valence-electron chi connectivity index (χ3n) is 4.43. The molecule has 0 bridgehead atoms. The molecule has 0 aliphatic carbocycles. The second-order valence-electron chi connectivity index (χ2n) is 5.99. The molecule has 26 heavy (non-hydrogen) atoms. The van der Waals surface area contributed by atoms with Crippen molar-refractivity contribution < 1.29 is 4.74 Å². The molecule has 130 valence electrons. The van der Waals surface area contributed by atoms with E-state index in [2.05, 4.69) is 29.9 Å². The number of pyridine rings is 1. The van der Waals surface area contributed by atoms with E-state index < -0.39 is 0 Å². The Kier molecular flexibility index (Phi) is 3.66. The van der Waals surface area contributed by atoms with Gasteiger partial charge in [-0.3, -0.25) is 9.67 Å². The lowest BCUT2D eigenvalue weighted by molar-refractivity contribution is 0.0668. The van der Waals surface area contributed by atoms with E-state index in [-0.39, 0.29) is 6.04 Å². The summed E-state index contributed by atoms with van der Waals surface area (Å²) in [7, 11) is 0. The number of aromatic amines is 1. The van der Waals surface area contributed by atoms with Gasteiger partial charge < -0.3 is 4.74 Å². The highest BCUT2D eigenvalue weighted by Gasteiger charge is 2.28. The van der Waals surface area contributed by atoms with Crippen molar-refractivity contribution >= 4 is 34.2 Å². The van der Waals surface area contributed by atoms with Crippen molar-refractivity contribution in [2.75, 3.05) is 6.61 Å². The lowest BCUT2D eigenvalue weighted by atomic mass is 10.1. The Bertz CT molecular complexity index is 1100. The van der Waals surface area contributed by atoms with Gasteiger partial charge in [-0.2, -0.15) is 5.10 Å². The van der Waals surface area contributed by atoms with Crippen molar-refractivity contribution in [2.24, 2.45) is 0 Å². The van der Waals surface area contributed by atoms with Crippen LogP contribution in [0.15, 0.2) is 36.4 Å². The van der Waals surface area contributed by atoms with Crippen molar-refractivity contribution in [3.05, 3.63) is 58.0 Å². The molecule has 5 rings (SSSR count). The van der Waals surface area contributed by atoms with Gasteiger partial charge in [0.2, 0.25) is 0 Å². The molecule has 1 aliphatic rings. The largest absolute Gasteiger partial charge is 0.371 e. The highest BCUT2D eigenvalue weighted by Crippen LogP contribution is 2.31. The van der Waals surface area contributed by atoms with E-state index >= 15 is 0 Å². The molecule has 0 amide bonds. The summed E-state index contributed by atoms with van der Waals surface area (Å²) >= 11 is 12.2. The summed E-state index contributed by atoms with van der Waals surface area (Å²) in [6.07, 6.45) is 0. The minimum absolute atomic E-state index is 0.0571. The van der Waals surface area contributed by atoms with Gasteiger partial charge in [0.1, 0.15) is 23.3 Å². The molecule has 0 fully saturated rings. The fraction of sp³-hybridized carbons (Fsp3) is 0.176. The molecule has 7 nitrogen and oxygen atoms in total. The summed E-state index contributed by atoms with van der Waals surface area (Å²) in [5, 5.41) is 16.6. The summed E-state index contributed by atoms with van der Waals surface area (Å²) in [6.45, 7) is 0.931. The molecule has 1 aromatic carbocycles. The Balaban J connectivity index is 1.66. The van der Waals surface area contributed by atoms with Gasteiger partial charge >= 0.3 is 0 Å². The third kappa shape index (κ3) is 2.47. The molecule has 0 spiro atoms. The number of nitrogens with one attached hydrogen (secondary N) is 1. The number of fused-ring (bicyclic) bond motifs is 2. The van der Waals surface area contributed by atoms with Crippen LogP contribution in [0.5, 0.6) is 0 Å². The number of halogens is 2. The first-order valence-electron chi connectivity index (χ1n) is 7.98. The highest BCUT2D eigenvalue weighted by molar-refractivity contribution is 6.33. The summed E-state index contributed by atoms with van der Waals surface area (Å²) < 4.78 is 7.77. The second kappa shape index (κ2) is 6.05. The van der Waals surface area contributed by atoms with E-state index in [9.17, 15) is 0 Å². The average molecular weight is 387 g/mol. The SMILES string of the molecule is Clc1ccc(C2COCc3nnc(-c4ccc5n[nH]c(Cl)c5n4)n32)cc1. The van der Waals surface area contributed by atoms with Gasteiger partial charge in [-0.1, -0.05) is 35.3 Å². The molecule has 4 heterocycles. The first-order chi connectivity index (χ1) is 12.7. The van der Waals surface area contributed by atoms with E-state index in [1.54, 1.807) is 0 Å². The Morgan fingerprint density at radius 2 is 1.92 bits per heavy atom. The summed E-state index contributed by atoms with van der Waals surface area (Å²) in [5.74, 6) is 1.42. The number of benzene rings is 1. The van der Waals surface area contributed by atoms with Crippen LogP contribution >= 0.6 is 23.2 Å². The number of hydrogen-bond donors (Lipinski definition) is 1. The molecule has 1 aliphatic heterocycles. The van der Waals surface area contributed by atoms with Crippen molar-refractivity contribution in [2.45, 2.75) is 12.6 Å². The van der Waals surface area contributed by atoms with E-state index in [0.29, 0.717) is 45.9 Å². The predicted molar refractivity (Wildman–Crippen MR) is 97.2 cm³/mol. The smallest absolute Gasteiger partial charge is 0.183 e. The Hall–Kier alpha value is -2.48. The highest BCUT2D eigenvalue weighted by atomic mass is 35.5. The van der Waals surface area contributed by atoms with Crippen LogP contribution in [0, 0.1) is 0 Å². The van der Waals surface area contributed by atoms with E-state index in [1.165, 1.54) is 0 Å². The Morgan fingerprint density at radius 3 is 2.77 bits per heavy atom. The predicted octanol–water partition coefficient (Wildman–Crippen LogP) is 3.64. The van der Waals surface area contributed by atoms with Gasteiger partial charge in [-0.05, 0) is 29.8 Å². The van der Waals surface area contributed by atoms with Gasteiger partial charge in [-0.25, -0.2) is 4.98 Å². The topological polar surface area (TPSA) is 81.5 Å². The zero-order chi connectivity index (χ0) is 17.7. The molecule has 1 N–H and O–H groups in total. The van der Waals surface area contributed by atoms with Crippen molar-refractivity contribution in [1.82, 2.24) is 29.9 Å². The van der Waals surface area contributed by atoms with Gasteiger partial charge in [0.25, 0.3) is 0 Å². The number of aromatic nitrogens is 6. The minimum Gasteiger partial charge on any atom is -0.371 e. The maximum atomic E-state index is 6.13. The fourth-order valence-electron chi connectivity index (χ4n) is 3.18. The second-order valence-corrected chi connectivity index (χ2v) is 6.81. The molecule has 1 atom stereocenters. The summed E-state index contributed by atoms with van der Waals surface area (Å²) in [5.41, 5.74) is 3.06. The summed E-state index contributed by atoms with van der Waals surface area (Å²) in [6, 6.07) is 11.4. The molecule has 0 saturated carbocycles. The first kappa shape index (κ1) is 15.7. The van der Waals surface area contributed by atoms with E-state index in [0.717, 1.165) is 11.4 Å². The number of H-pyrrole nitrogens is 1. The van der Waals surface area contributed by atoms with Crippen LogP contribution in [-0.2, 0) is 11.3 Å². The molecule has 1 unspecified atom stereocenters. The Morgan fingerprint density at radius 1 is 1.08 bits per heavy atom. The monoisotopic (exact) mass is 386 g/mol. The maximum Gasteiger partial charge on any atom is 0.183 e. The summed E-state index contributed by atoms with van der Waals surface area (Å²) in [4.78, 5) is 4.62.